The van der Waals surface area contributed by atoms with Crippen LogP contribution >= 0.6 is 0 Å². The molecule has 0 fully saturated rings. The van der Waals surface area contributed by atoms with Gasteiger partial charge in [0.25, 0.3) is 0 Å². The minimum Gasteiger partial charge on any atom is -0.354 e. The molecule has 0 saturated carbocycles. The molecule has 0 N–H and O–H groups in total. The predicted octanol–water partition coefficient (Wildman–Crippen LogP) is 2.85. The molecule has 0 radical (unpaired) electrons. The summed E-state index contributed by atoms with van der Waals surface area (Å²) in [5.41, 5.74) is 3.93. The lowest BCUT2D eigenvalue weighted by Gasteiger charge is -2.18. The third kappa shape index (κ3) is 0.755. The smallest absolute Gasteiger partial charge is 0.110 e. The average molecular weight is 172 g/mol. The second-order valence-corrected chi connectivity index (χ2v) is 4.04. The van der Waals surface area contributed by atoms with E-state index in [0.717, 1.165) is 0 Å². The fraction of sp³-hybridized carbons (Fsp3) is 0.333. The zero-order valence-corrected chi connectivity index (χ0v) is 7.87. The average Bonchev–Trinajstić information content (AvgIpc) is 2.59. The first-order valence-electron chi connectivity index (χ1n) is 4.68. The van der Waals surface area contributed by atoms with E-state index < -0.39 is 0 Å². The number of aryl methyl sites for hydroxylation is 1. The number of ether oxygens (including phenoxy) is 1. The zero-order chi connectivity index (χ0) is 9.05. The maximum Gasteiger partial charge on any atom is 0.110 e. The third-order valence-electron chi connectivity index (χ3n) is 3.10. The lowest BCUT2D eigenvalue weighted by molar-refractivity contribution is 0.0112. The minimum absolute atomic E-state index is 0.147. The molecule has 0 unspecified atom stereocenters. The highest BCUT2D eigenvalue weighted by Crippen LogP contribution is 2.50. The van der Waals surface area contributed by atoms with Gasteiger partial charge in [0.1, 0.15) is 11.7 Å². The van der Waals surface area contributed by atoms with Crippen molar-refractivity contribution in [3.63, 3.8) is 0 Å². The molecule has 2 atom stereocenters. The van der Waals surface area contributed by atoms with Crippen molar-refractivity contribution in [2.75, 3.05) is 0 Å². The molecule has 2 aliphatic heterocycles. The van der Waals surface area contributed by atoms with Crippen LogP contribution in [0.15, 0.2) is 30.4 Å². The Morgan fingerprint density at radius 3 is 3.00 bits per heavy atom. The van der Waals surface area contributed by atoms with E-state index in [9.17, 15) is 0 Å². The number of hydrogen-bond acceptors (Lipinski definition) is 1. The van der Waals surface area contributed by atoms with Gasteiger partial charge in [0.05, 0.1) is 0 Å². The molecule has 66 valence electrons. The van der Waals surface area contributed by atoms with Crippen LogP contribution in [0, 0.1) is 6.92 Å². The molecule has 3 rings (SSSR count). The lowest BCUT2D eigenvalue weighted by atomic mass is 9.86. The summed E-state index contributed by atoms with van der Waals surface area (Å²) in [6.45, 7) is 4.29. The summed E-state index contributed by atoms with van der Waals surface area (Å²) in [7, 11) is 0. The summed E-state index contributed by atoms with van der Waals surface area (Å²) in [5.74, 6) is 0. The topological polar surface area (TPSA) is 9.23 Å². The van der Waals surface area contributed by atoms with Crippen LogP contribution in [-0.4, -0.2) is 0 Å². The van der Waals surface area contributed by atoms with Crippen LogP contribution in [0.4, 0.5) is 0 Å². The summed E-state index contributed by atoms with van der Waals surface area (Å²) >= 11 is 0. The summed E-state index contributed by atoms with van der Waals surface area (Å²) < 4.78 is 5.90. The first-order chi connectivity index (χ1) is 6.21. The van der Waals surface area contributed by atoms with Gasteiger partial charge in [-0.15, -0.1) is 0 Å². The van der Waals surface area contributed by atoms with Crippen molar-refractivity contribution in [2.45, 2.75) is 25.6 Å². The van der Waals surface area contributed by atoms with Crippen LogP contribution in [0.25, 0.3) is 0 Å². The Hall–Kier alpha value is -1.08. The van der Waals surface area contributed by atoms with E-state index in [1.54, 1.807) is 0 Å². The number of benzene rings is 1. The van der Waals surface area contributed by atoms with Crippen LogP contribution in [0.3, 0.4) is 0 Å². The van der Waals surface area contributed by atoms with Crippen molar-refractivity contribution in [3.8, 4) is 0 Å². The predicted molar refractivity (Wildman–Crippen MR) is 51.5 cm³/mol. The Morgan fingerprint density at radius 1 is 1.38 bits per heavy atom. The summed E-state index contributed by atoms with van der Waals surface area (Å²) in [4.78, 5) is 0. The first-order valence-corrected chi connectivity index (χ1v) is 4.68. The molecule has 2 bridgehead atoms. The molecule has 0 spiro atoms. The van der Waals surface area contributed by atoms with E-state index in [1.165, 1.54) is 16.7 Å². The van der Waals surface area contributed by atoms with Gasteiger partial charge >= 0.3 is 0 Å². The monoisotopic (exact) mass is 172 g/mol. The summed E-state index contributed by atoms with van der Waals surface area (Å²) in [6.07, 6.45) is 4.54. The van der Waals surface area contributed by atoms with Crippen molar-refractivity contribution >= 4 is 0 Å². The van der Waals surface area contributed by atoms with Crippen molar-refractivity contribution < 1.29 is 4.74 Å². The second-order valence-electron chi connectivity index (χ2n) is 4.04. The van der Waals surface area contributed by atoms with E-state index in [1.807, 2.05) is 0 Å². The van der Waals surface area contributed by atoms with Gasteiger partial charge in [-0.2, -0.15) is 0 Å². The van der Waals surface area contributed by atoms with Crippen LogP contribution in [0.1, 0.15) is 29.7 Å². The summed E-state index contributed by atoms with van der Waals surface area (Å²) in [5, 5.41) is 0. The Bertz CT molecular complexity index is 406. The minimum atomic E-state index is -0.147. The molecule has 0 amide bonds. The van der Waals surface area contributed by atoms with Crippen molar-refractivity contribution in [3.05, 3.63) is 47.0 Å². The Labute approximate surface area is 78.0 Å². The molecule has 2 heterocycles. The van der Waals surface area contributed by atoms with Gasteiger partial charge in [0.15, 0.2) is 0 Å². The van der Waals surface area contributed by atoms with Crippen LogP contribution in [-0.2, 0) is 10.3 Å². The first kappa shape index (κ1) is 7.34. The molecular formula is C12H12O. The van der Waals surface area contributed by atoms with Gasteiger partial charge in [-0.25, -0.2) is 0 Å². The quantitative estimate of drug-likeness (QED) is 0.547. The molecule has 1 aromatic rings. The van der Waals surface area contributed by atoms with E-state index in [-0.39, 0.29) is 11.7 Å². The van der Waals surface area contributed by atoms with Crippen molar-refractivity contribution in [1.29, 1.82) is 0 Å². The Kier molecular flexibility index (Phi) is 1.15. The second kappa shape index (κ2) is 2.05. The van der Waals surface area contributed by atoms with Gasteiger partial charge in [-0.1, -0.05) is 24.3 Å². The molecule has 1 aromatic carbocycles. The standard InChI is InChI=1S/C12H12O/c1-8-4-3-5-9-11(8)10-6-7-12(9,2)13-10/h3-7,10H,1-2H3/t10-,12+/m1/s1. The van der Waals surface area contributed by atoms with Crippen molar-refractivity contribution in [2.24, 2.45) is 0 Å². The fourth-order valence-corrected chi connectivity index (χ4v) is 2.41. The SMILES string of the molecule is Cc1cccc2c1[C@H]1C=C[C@]2(C)O1. The van der Waals surface area contributed by atoms with Gasteiger partial charge in [-0.3, -0.25) is 0 Å². The molecule has 0 aromatic heterocycles. The van der Waals surface area contributed by atoms with Crippen LogP contribution in [0.2, 0.25) is 0 Å². The van der Waals surface area contributed by atoms with E-state index in [0.29, 0.717) is 0 Å². The molecule has 1 nitrogen and oxygen atoms in total. The number of fused-ring (bicyclic) bond motifs is 5. The van der Waals surface area contributed by atoms with E-state index in [4.69, 9.17) is 4.74 Å². The maximum atomic E-state index is 5.90. The van der Waals surface area contributed by atoms with Crippen LogP contribution < -0.4 is 0 Å². The molecule has 0 aliphatic carbocycles. The van der Waals surface area contributed by atoms with Gasteiger partial charge in [0.2, 0.25) is 0 Å². The molecule has 1 heteroatoms. The lowest BCUT2D eigenvalue weighted by Crippen LogP contribution is -2.14. The molecular weight excluding hydrogens is 160 g/mol. The fourth-order valence-electron chi connectivity index (χ4n) is 2.41. The Balaban J connectivity index is 2.33. The largest absolute Gasteiger partial charge is 0.354 e. The highest BCUT2D eigenvalue weighted by molar-refractivity contribution is 5.50. The van der Waals surface area contributed by atoms with Crippen molar-refractivity contribution in [1.82, 2.24) is 0 Å². The highest BCUT2D eigenvalue weighted by Gasteiger charge is 2.43. The highest BCUT2D eigenvalue weighted by atomic mass is 16.5. The van der Waals surface area contributed by atoms with E-state index in [2.05, 4.69) is 44.2 Å². The maximum absolute atomic E-state index is 5.90. The van der Waals surface area contributed by atoms with Crippen LogP contribution in [0.5, 0.6) is 0 Å². The molecule has 2 aliphatic rings. The van der Waals surface area contributed by atoms with E-state index >= 15 is 0 Å². The molecule has 0 saturated heterocycles. The number of hydrogen-bond donors (Lipinski definition) is 0. The van der Waals surface area contributed by atoms with Gasteiger partial charge < -0.3 is 4.74 Å². The zero-order valence-electron chi connectivity index (χ0n) is 7.87. The van der Waals surface area contributed by atoms with Gasteiger partial charge in [0, 0.05) is 0 Å². The normalized spacial score (nSPS) is 33.8. The Morgan fingerprint density at radius 2 is 2.23 bits per heavy atom. The van der Waals surface area contributed by atoms with Gasteiger partial charge in [-0.05, 0) is 36.6 Å². The third-order valence-corrected chi connectivity index (χ3v) is 3.10. The number of rotatable bonds is 0. The molecule has 13 heavy (non-hydrogen) atoms. The summed E-state index contributed by atoms with van der Waals surface area (Å²) in [6, 6.07) is 6.43.